The van der Waals surface area contributed by atoms with E-state index in [9.17, 15) is 4.39 Å². The zero-order valence-electron chi connectivity index (χ0n) is 10.3. The summed E-state index contributed by atoms with van der Waals surface area (Å²) in [6.07, 6.45) is 0. The molecule has 0 atom stereocenters. The number of nitriles is 1. The van der Waals surface area contributed by atoms with Crippen molar-refractivity contribution in [2.75, 3.05) is 0 Å². The summed E-state index contributed by atoms with van der Waals surface area (Å²) in [6, 6.07) is 11.9. The summed E-state index contributed by atoms with van der Waals surface area (Å²) >= 11 is 3.36. The lowest BCUT2D eigenvalue weighted by Gasteiger charge is -2.10. The Balaban J connectivity index is 2.19. The molecule has 0 fully saturated rings. The fourth-order valence-electron chi connectivity index (χ4n) is 1.64. The van der Waals surface area contributed by atoms with Crippen molar-refractivity contribution in [2.45, 2.75) is 13.5 Å². The lowest BCUT2D eigenvalue weighted by molar-refractivity contribution is 0.297. The predicted molar refractivity (Wildman–Crippen MR) is 74.3 cm³/mol. The van der Waals surface area contributed by atoms with Gasteiger partial charge in [-0.1, -0.05) is 22.0 Å². The zero-order chi connectivity index (χ0) is 13.8. The van der Waals surface area contributed by atoms with E-state index in [0.29, 0.717) is 16.9 Å². The summed E-state index contributed by atoms with van der Waals surface area (Å²) in [7, 11) is 0. The molecule has 0 amide bonds. The third-order valence-corrected chi connectivity index (χ3v) is 3.20. The van der Waals surface area contributed by atoms with E-state index in [2.05, 4.69) is 15.9 Å². The minimum Gasteiger partial charge on any atom is -0.488 e. The average Bonchev–Trinajstić information content (AvgIpc) is 2.41. The Morgan fingerprint density at radius 2 is 2.05 bits per heavy atom. The Hall–Kier alpha value is -1.86. The Kier molecular flexibility index (Phi) is 4.18. The molecular weight excluding hydrogens is 309 g/mol. The number of ether oxygens (including phenoxy) is 1. The summed E-state index contributed by atoms with van der Waals surface area (Å²) in [6.45, 7) is 2.02. The van der Waals surface area contributed by atoms with Gasteiger partial charge in [0.15, 0.2) is 0 Å². The molecule has 0 aliphatic rings. The van der Waals surface area contributed by atoms with Gasteiger partial charge in [-0.3, -0.25) is 0 Å². The first kappa shape index (κ1) is 13.6. The monoisotopic (exact) mass is 319 g/mol. The molecule has 0 radical (unpaired) electrons. The zero-order valence-corrected chi connectivity index (χ0v) is 11.9. The van der Waals surface area contributed by atoms with Gasteiger partial charge < -0.3 is 4.74 Å². The van der Waals surface area contributed by atoms with Gasteiger partial charge >= 0.3 is 0 Å². The van der Waals surface area contributed by atoms with E-state index in [1.807, 2.05) is 31.2 Å². The third kappa shape index (κ3) is 3.33. The first-order valence-electron chi connectivity index (χ1n) is 5.67. The molecular formula is C15H11BrFNO. The molecule has 19 heavy (non-hydrogen) atoms. The third-order valence-electron chi connectivity index (χ3n) is 2.71. The summed E-state index contributed by atoms with van der Waals surface area (Å²) in [5.41, 5.74) is 1.77. The highest BCUT2D eigenvalue weighted by molar-refractivity contribution is 9.10. The van der Waals surface area contributed by atoms with Crippen LogP contribution in [-0.4, -0.2) is 0 Å². The van der Waals surface area contributed by atoms with E-state index < -0.39 is 0 Å². The summed E-state index contributed by atoms with van der Waals surface area (Å²) in [4.78, 5) is 0. The standard InChI is InChI=1S/C15H11BrFNO/c1-10-2-4-13(16)7-15(10)19-9-12-6-11(8-18)3-5-14(12)17/h2-7H,9H2,1H3. The quantitative estimate of drug-likeness (QED) is 0.842. The van der Waals surface area contributed by atoms with Crippen molar-refractivity contribution >= 4 is 15.9 Å². The molecule has 0 bridgehead atoms. The molecule has 0 unspecified atom stereocenters. The van der Waals surface area contributed by atoms with Gasteiger partial charge in [0, 0.05) is 10.0 Å². The predicted octanol–water partition coefficient (Wildman–Crippen LogP) is 4.35. The molecule has 0 aromatic heterocycles. The second kappa shape index (κ2) is 5.85. The Labute approximate surface area is 119 Å². The average molecular weight is 320 g/mol. The maximum absolute atomic E-state index is 13.6. The van der Waals surface area contributed by atoms with E-state index in [1.54, 1.807) is 0 Å². The van der Waals surface area contributed by atoms with E-state index >= 15 is 0 Å². The number of rotatable bonds is 3. The highest BCUT2D eigenvalue weighted by atomic mass is 79.9. The van der Waals surface area contributed by atoms with Crippen molar-refractivity contribution in [3.8, 4) is 11.8 Å². The van der Waals surface area contributed by atoms with Gasteiger partial charge in [-0.15, -0.1) is 0 Å². The minimum atomic E-state index is -0.369. The van der Waals surface area contributed by atoms with Crippen LogP contribution in [0.5, 0.6) is 5.75 Å². The van der Waals surface area contributed by atoms with Crippen molar-refractivity contribution in [3.05, 3.63) is 63.4 Å². The SMILES string of the molecule is Cc1ccc(Br)cc1OCc1cc(C#N)ccc1F. The van der Waals surface area contributed by atoms with E-state index in [0.717, 1.165) is 10.0 Å². The minimum absolute atomic E-state index is 0.0959. The molecule has 0 heterocycles. The normalized spacial score (nSPS) is 10.0. The summed E-state index contributed by atoms with van der Waals surface area (Å²) < 4.78 is 20.1. The van der Waals surface area contributed by atoms with Gasteiger partial charge in [0.2, 0.25) is 0 Å². The van der Waals surface area contributed by atoms with Crippen molar-refractivity contribution in [2.24, 2.45) is 0 Å². The summed E-state index contributed by atoms with van der Waals surface area (Å²) in [5, 5.41) is 8.80. The van der Waals surface area contributed by atoms with Crippen LogP contribution in [0.3, 0.4) is 0 Å². The highest BCUT2D eigenvalue weighted by Crippen LogP contribution is 2.24. The molecule has 2 aromatic rings. The van der Waals surface area contributed by atoms with Gasteiger partial charge in [-0.05, 0) is 42.8 Å². The number of halogens is 2. The Bertz CT molecular complexity index is 649. The fraction of sp³-hybridized carbons (Fsp3) is 0.133. The fourth-order valence-corrected chi connectivity index (χ4v) is 1.98. The maximum Gasteiger partial charge on any atom is 0.129 e. The van der Waals surface area contributed by atoms with Gasteiger partial charge in [0.05, 0.1) is 11.6 Å². The van der Waals surface area contributed by atoms with Gasteiger partial charge in [0.25, 0.3) is 0 Å². The number of nitrogens with zero attached hydrogens (tertiary/aromatic N) is 1. The van der Waals surface area contributed by atoms with Crippen LogP contribution in [0.25, 0.3) is 0 Å². The lowest BCUT2D eigenvalue weighted by atomic mass is 10.1. The molecule has 2 nitrogen and oxygen atoms in total. The molecule has 0 spiro atoms. The van der Waals surface area contributed by atoms with Crippen molar-refractivity contribution < 1.29 is 9.13 Å². The van der Waals surface area contributed by atoms with E-state index in [-0.39, 0.29) is 12.4 Å². The molecule has 0 saturated heterocycles. The van der Waals surface area contributed by atoms with Crippen LogP contribution < -0.4 is 4.74 Å². The first-order valence-corrected chi connectivity index (χ1v) is 6.47. The second-order valence-electron chi connectivity index (χ2n) is 4.12. The largest absolute Gasteiger partial charge is 0.488 e. The topological polar surface area (TPSA) is 33.0 Å². The Morgan fingerprint density at radius 3 is 2.79 bits per heavy atom. The summed E-state index contributed by atoms with van der Waals surface area (Å²) in [5.74, 6) is 0.322. The van der Waals surface area contributed by atoms with E-state index in [1.165, 1.54) is 18.2 Å². The molecule has 4 heteroatoms. The molecule has 2 rings (SSSR count). The first-order chi connectivity index (χ1) is 9.10. The lowest BCUT2D eigenvalue weighted by Crippen LogP contribution is -2.00. The number of benzene rings is 2. The molecule has 0 saturated carbocycles. The van der Waals surface area contributed by atoms with Crippen molar-refractivity contribution in [1.82, 2.24) is 0 Å². The smallest absolute Gasteiger partial charge is 0.129 e. The van der Waals surface area contributed by atoms with Gasteiger partial charge in [-0.2, -0.15) is 5.26 Å². The number of hydrogen-bond acceptors (Lipinski definition) is 2. The van der Waals surface area contributed by atoms with Crippen LogP contribution in [0, 0.1) is 24.1 Å². The van der Waals surface area contributed by atoms with Crippen LogP contribution in [0.1, 0.15) is 16.7 Å². The highest BCUT2D eigenvalue weighted by Gasteiger charge is 2.06. The van der Waals surface area contributed by atoms with Crippen LogP contribution in [0.2, 0.25) is 0 Å². The molecule has 0 aliphatic carbocycles. The van der Waals surface area contributed by atoms with E-state index in [4.69, 9.17) is 10.00 Å². The molecule has 96 valence electrons. The van der Waals surface area contributed by atoms with Crippen molar-refractivity contribution in [3.63, 3.8) is 0 Å². The Morgan fingerprint density at radius 1 is 1.26 bits per heavy atom. The van der Waals surface area contributed by atoms with Gasteiger partial charge in [0.1, 0.15) is 18.2 Å². The molecule has 0 N–H and O–H groups in total. The van der Waals surface area contributed by atoms with Crippen LogP contribution in [0.4, 0.5) is 4.39 Å². The molecule has 2 aromatic carbocycles. The number of aryl methyl sites for hydroxylation is 1. The second-order valence-corrected chi connectivity index (χ2v) is 5.03. The maximum atomic E-state index is 13.6. The van der Waals surface area contributed by atoms with Gasteiger partial charge in [-0.25, -0.2) is 4.39 Å². The van der Waals surface area contributed by atoms with Crippen LogP contribution in [-0.2, 0) is 6.61 Å². The van der Waals surface area contributed by atoms with Crippen LogP contribution in [0.15, 0.2) is 40.9 Å². The molecule has 0 aliphatic heterocycles. The van der Waals surface area contributed by atoms with Crippen molar-refractivity contribution in [1.29, 1.82) is 5.26 Å². The number of hydrogen-bond donors (Lipinski definition) is 0. The van der Waals surface area contributed by atoms with Crippen LogP contribution >= 0.6 is 15.9 Å².